The standard InChI is InChI=1S/C18H29N3O5S2/c1-14-5-7-15(8-6-14)28(24,25)20-16(9-12-27-4)18(23)19-10-11-21(2)13-17(22)26-3/h5-8,16,20H,9-13H2,1-4H3,(H,19,23). The Morgan fingerprint density at radius 2 is 1.89 bits per heavy atom. The lowest BCUT2D eigenvalue weighted by Gasteiger charge is -2.20. The first-order valence-electron chi connectivity index (χ1n) is 8.80. The molecule has 2 N–H and O–H groups in total. The highest BCUT2D eigenvalue weighted by Crippen LogP contribution is 2.12. The number of aryl methyl sites for hydroxylation is 1. The normalized spacial score (nSPS) is 12.6. The maximum atomic E-state index is 12.6. The number of nitrogens with one attached hydrogen (secondary N) is 2. The van der Waals surface area contributed by atoms with Crippen molar-refractivity contribution in [1.29, 1.82) is 0 Å². The first-order valence-corrected chi connectivity index (χ1v) is 11.7. The summed E-state index contributed by atoms with van der Waals surface area (Å²) in [6.45, 7) is 2.70. The summed E-state index contributed by atoms with van der Waals surface area (Å²) in [6.07, 6.45) is 2.27. The van der Waals surface area contributed by atoms with Gasteiger partial charge < -0.3 is 10.1 Å². The maximum absolute atomic E-state index is 12.6. The molecule has 0 heterocycles. The lowest BCUT2D eigenvalue weighted by Crippen LogP contribution is -2.48. The number of ether oxygens (including phenoxy) is 1. The highest BCUT2D eigenvalue weighted by molar-refractivity contribution is 7.98. The largest absolute Gasteiger partial charge is 0.468 e. The van der Waals surface area contributed by atoms with Crippen molar-refractivity contribution in [3.63, 3.8) is 0 Å². The Kier molecular flexibility index (Phi) is 10.5. The molecule has 158 valence electrons. The lowest BCUT2D eigenvalue weighted by atomic mass is 10.2. The highest BCUT2D eigenvalue weighted by Gasteiger charge is 2.25. The number of nitrogens with zero attached hydrogens (tertiary/aromatic N) is 1. The minimum atomic E-state index is -3.80. The van der Waals surface area contributed by atoms with Crippen LogP contribution in [-0.2, 0) is 24.3 Å². The van der Waals surface area contributed by atoms with E-state index in [-0.39, 0.29) is 24.0 Å². The van der Waals surface area contributed by atoms with Gasteiger partial charge >= 0.3 is 5.97 Å². The van der Waals surface area contributed by atoms with Crippen molar-refractivity contribution in [3.05, 3.63) is 29.8 Å². The molecular formula is C18H29N3O5S2. The molecule has 0 aliphatic heterocycles. The molecule has 10 heteroatoms. The molecule has 1 aromatic rings. The number of esters is 1. The average Bonchev–Trinajstić information content (AvgIpc) is 2.65. The fourth-order valence-electron chi connectivity index (χ4n) is 2.31. The number of hydrogen-bond donors (Lipinski definition) is 2. The van der Waals surface area contributed by atoms with Gasteiger partial charge in [0.05, 0.1) is 18.6 Å². The average molecular weight is 432 g/mol. The number of benzene rings is 1. The van der Waals surface area contributed by atoms with Crippen molar-refractivity contribution < 1.29 is 22.7 Å². The molecule has 1 amide bonds. The van der Waals surface area contributed by atoms with E-state index >= 15 is 0 Å². The summed E-state index contributed by atoms with van der Waals surface area (Å²) < 4.78 is 32.3. The first-order chi connectivity index (χ1) is 13.2. The number of likely N-dealkylation sites (N-methyl/N-ethyl adjacent to an activating group) is 1. The molecule has 28 heavy (non-hydrogen) atoms. The Hall–Kier alpha value is -1.62. The maximum Gasteiger partial charge on any atom is 0.319 e. The van der Waals surface area contributed by atoms with Gasteiger partial charge in [-0.1, -0.05) is 17.7 Å². The van der Waals surface area contributed by atoms with Crippen LogP contribution in [0.25, 0.3) is 0 Å². The number of carbonyl (C=O) groups is 2. The van der Waals surface area contributed by atoms with Crippen molar-refractivity contribution in [2.45, 2.75) is 24.3 Å². The third-order valence-electron chi connectivity index (χ3n) is 3.98. The molecule has 0 aromatic heterocycles. The molecule has 8 nitrogen and oxygen atoms in total. The summed E-state index contributed by atoms with van der Waals surface area (Å²) in [5.41, 5.74) is 0.951. The van der Waals surface area contributed by atoms with Gasteiger partial charge in [-0.25, -0.2) is 8.42 Å². The van der Waals surface area contributed by atoms with Crippen molar-refractivity contribution >= 4 is 33.7 Å². The van der Waals surface area contributed by atoms with E-state index in [1.807, 2.05) is 13.2 Å². The van der Waals surface area contributed by atoms with Gasteiger partial charge in [-0.15, -0.1) is 0 Å². The first kappa shape index (κ1) is 24.4. The minimum Gasteiger partial charge on any atom is -0.468 e. The van der Waals surface area contributed by atoms with E-state index in [4.69, 9.17) is 0 Å². The zero-order chi connectivity index (χ0) is 21.2. The van der Waals surface area contributed by atoms with E-state index in [9.17, 15) is 18.0 Å². The number of carbonyl (C=O) groups excluding carboxylic acids is 2. The predicted molar refractivity (Wildman–Crippen MR) is 111 cm³/mol. The number of hydrogen-bond acceptors (Lipinski definition) is 7. The third kappa shape index (κ3) is 8.59. The van der Waals surface area contributed by atoms with Crippen LogP contribution >= 0.6 is 11.8 Å². The molecule has 0 aliphatic rings. The second-order valence-corrected chi connectivity index (χ2v) is 9.07. The third-order valence-corrected chi connectivity index (χ3v) is 6.11. The van der Waals surface area contributed by atoms with E-state index in [0.717, 1.165) is 5.56 Å². The van der Waals surface area contributed by atoms with E-state index in [2.05, 4.69) is 14.8 Å². The summed E-state index contributed by atoms with van der Waals surface area (Å²) >= 11 is 1.53. The predicted octanol–water partition coefficient (Wildman–Crippen LogP) is 0.616. The van der Waals surface area contributed by atoms with Crippen LogP contribution in [0, 0.1) is 6.92 Å². The molecule has 0 fully saturated rings. The molecule has 1 rings (SSSR count). The quantitative estimate of drug-likeness (QED) is 0.467. The SMILES string of the molecule is COC(=O)CN(C)CCNC(=O)C(CCSC)NS(=O)(=O)c1ccc(C)cc1. The van der Waals surface area contributed by atoms with Crippen LogP contribution in [0.1, 0.15) is 12.0 Å². The zero-order valence-corrected chi connectivity index (χ0v) is 18.4. The molecule has 1 atom stereocenters. The number of thioether (sulfide) groups is 1. The topological polar surface area (TPSA) is 105 Å². The molecule has 0 saturated carbocycles. The Morgan fingerprint density at radius 3 is 2.46 bits per heavy atom. The van der Waals surface area contributed by atoms with Gasteiger partial charge in [0.25, 0.3) is 0 Å². The molecular weight excluding hydrogens is 402 g/mol. The van der Waals surface area contributed by atoms with Crippen LogP contribution < -0.4 is 10.0 Å². The Morgan fingerprint density at radius 1 is 1.25 bits per heavy atom. The Labute approximate surface area is 171 Å². The van der Waals surface area contributed by atoms with Crippen LogP contribution in [0.4, 0.5) is 0 Å². The lowest BCUT2D eigenvalue weighted by molar-refractivity contribution is -0.141. The van der Waals surface area contributed by atoms with Crippen LogP contribution in [0.5, 0.6) is 0 Å². The monoisotopic (exact) mass is 431 g/mol. The van der Waals surface area contributed by atoms with Gasteiger partial charge in [0.15, 0.2) is 0 Å². The molecule has 0 bridgehead atoms. The fraction of sp³-hybridized carbons (Fsp3) is 0.556. The summed E-state index contributed by atoms with van der Waals surface area (Å²) in [5.74, 6) is -0.120. The van der Waals surface area contributed by atoms with E-state index < -0.39 is 22.0 Å². The van der Waals surface area contributed by atoms with E-state index in [1.54, 1.807) is 24.1 Å². The van der Waals surface area contributed by atoms with Crippen molar-refractivity contribution in [3.8, 4) is 0 Å². The van der Waals surface area contributed by atoms with Gasteiger partial charge in [-0.2, -0.15) is 16.5 Å². The van der Waals surface area contributed by atoms with Crippen molar-refractivity contribution in [2.24, 2.45) is 0 Å². The van der Waals surface area contributed by atoms with Gasteiger partial charge in [0.1, 0.15) is 6.04 Å². The summed E-state index contributed by atoms with van der Waals surface area (Å²) in [7, 11) is -0.760. The highest BCUT2D eigenvalue weighted by atomic mass is 32.2. The summed E-state index contributed by atoms with van der Waals surface area (Å²) in [5, 5.41) is 2.73. The van der Waals surface area contributed by atoms with Gasteiger partial charge in [0.2, 0.25) is 15.9 Å². The molecule has 0 radical (unpaired) electrons. The Bertz CT molecular complexity index is 738. The number of sulfonamides is 1. The van der Waals surface area contributed by atoms with E-state index in [1.165, 1.54) is 31.0 Å². The zero-order valence-electron chi connectivity index (χ0n) is 16.7. The Balaban J connectivity index is 2.69. The summed E-state index contributed by atoms with van der Waals surface area (Å²) in [6, 6.07) is 5.58. The molecule has 1 unspecified atom stereocenters. The molecule has 1 aromatic carbocycles. The van der Waals surface area contributed by atoms with Crippen LogP contribution in [-0.4, -0.2) is 77.0 Å². The van der Waals surface area contributed by atoms with E-state index in [0.29, 0.717) is 18.7 Å². The van der Waals surface area contributed by atoms with Crippen LogP contribution in [0.3, 0.4) is 0 Å². The van der Waals surface area contributed by atoms with Crippen molar-refractivity contribution in [2.75, 3.05) is 45.8 Å². The van der Waals surface area contributed by atoms with Gasteiger partial charge in [-0.3, -0.25) is 14.5 Å². The molecule has 0 spiro atoms. The van der Waals surface area contributed by atoms with Crippen molar-refractivity contribution in [1.82, 2.24) is 14.9 Å². The number of rotatable bonds is 12. The molecule has 0 aliphatic carbocycles. The minimum absolute atomic E-state index is 0.113. The smallest absolute Gasteiger partial charge is 0.319 e. The second-order valence-electron chi connectivity index (χ2n) is 6.37. The van der Waals surface area contributed by atoms with Crippen LogP contribution in [0.15, 0.2) is 29.2 Å². The fourth-order valence-corrected chi connectivity index (χ4v) is 4.01. The number of methoxy groups -OCH3 is 1. The van der Waals surface area contributed by atoms with Gasteiger partial charge in [-0.05, 0) is 44.5 Å². The number of amides is 1. The summed E-state index contributed by atoms with van der Waals surface area (Å²) in [4.78, 5) is 25.6. The second kappa shape index (κ2) is 12.1. The van der Waals surface area contributed by atoms with Crippen LogP contribution in [0.2, 0.25) is 0 Å². The van der Waals surface area contributed by atoms with Gasteiger partial charge in [0, 0.05) is 13.1 Å². The molecule has 0 saturated heterocycles.